The Labute approximate surface area is 160 Å². The number of amides is 1. The van der Waals surface area contributed by atoms with Gasteiger partial charge in [-0.3, -0.25) is 4.79 Å². The number of aromatic nitrogens is 3. The standard InChI is InChI=1S/C22H16N4O2/c1-28-15-6-4-5-14(12-15)23-22(27)13-9-10-17-16(11-13)20-21(25-17)26-19-8-3-2-7-18(19)24-20/h2-12H,1H3,(H,23,27)(H,25,26). The third-order valence-corrected chi connectivity index (χ3v) is 4.69. The van der Waals surface area contributed by atoms with E-state index >= 15 is 0 Å². The minimum atomic E-state index is -0.196. The number of carbonyl (C=O) groups excluding carboxylic acids is 1. The van der Waals surface area contributed by atoms with Crippen LogP contribution >= 0.6 is 0 Å². The molecular weight excluding hydrogens is 352 g/mol. The van der Waals surface area contributed by atoms with Gasteiger partial charge in [-0.15, -0.1) is 0 Å². The molecule has 0 aliphatic heterocycles. The molecule has 3 aromatic carbocycles. The summed E-state index contributed by atoms with van der Waals surface area (Å²) in [5.74, 6) is 0.491. The van der Waals surface area contributed by atoms with E-state index in [1.54, 1.807) is 19.2 Å². The number of rotatable bonds is 3. The minimum Gasteiger partial charge on any atom is -0.497 e. The van der Waals surface area contributed by atoms with Crippen LogP contribution in [0.4, 0.5) is 5.69 Å². The van der Waals surface area contributed by atoms with Crippen LogP contribution in [0.1, 0.15) is 10.4 Å². The van der Waals surface area contributed by atoms with Crippen LogP contribution in [-0.4, -0.2) is 28.0 Å². The minimum absolute atomic E-state index is 0.196. The molecule has 0 spiro atoms. The summed E-state index contributed by atoms with van der Waals surface area (Å²) in [5, 5.41) is 3.77. The first-order valence-electron chi connectivity index (χ1n) is 8.85. The number of para-hydroxylation sites is 2. The predicted molar refractivity (Wildman–Crippen MR) is 110 cm³/mol. The zero-order valence-electron chi connectivity index (χ0n) is 15.1. The van der Waals surface area contributed by atoms with Crippen molar-refractivity contribution in [2.45, 2.75) is 0 Å². The number of fused-ring (bicyclic) bond motifs is 4. The highest BCUT2D eigenvalue weighted by Crippen LogP contribution is 2.26. The van der Waals surface area contributed by atoms with Crippen molar-refractivity contribution in [2.75, 3.05) is 12.4 Å². The normalized spacial score (nSPS) is 11.2. The molecule has 0 saturated heterocycles. The average molecular weight is 368 g/mol. The topological polar surface area (TPSA) is 79.9 Å². The van der Waals surface area contributed by atoms with Crippen molar-refractivity contribution in [3.63, 3.8) is 0 Å². The van der Waals surface area contributed by atoms with Crippen molar-refractivity contribution in [3.8, 4) is 5.75 Å². The smallest absolute Gasteiger partial charge is 0.255 e. The van der Waals surface area contributed by atoms with Gasteiger partial charge in [-0.25, -0.2) is 9.97 Å². The van der Waals surface area contributed by atoms with Crippen molar-refractivity contribution in [2.24, 2.45) is 0 Å². The number of anilines is 1. The summed E-state index contributed by atoms with van der Waals surface area (Å²) in [7, 11) is 1.59. The van der Waals surface area contributed by atoms with E-state index in [2.05, 4.69) is 15.3 Å². The van der Waals surface area contributed by atoms with Gasteiger partial charge in [0.05, 0.1) is 18.1 Å². The van der Waals surface area contributed by atoms with Crippen LogP contribution in [0.2, 0.25) is 0 Å². The molecule has 0 aliphatic carbocycles. The van der Waals surface area contributed by atoms with Crippen molar-refractivity contribution < 1.29 is 9.53 Å². The lowest BCUT2D eigenvalue weighted by molar-refractivity contribution is 0.102. The Morgan fingerprint density at radius 3 is 2.61 bits per heavy atom. The van der Waals surface area contributed by atoms with Crippen molar-refractivity contribution in [1.29, 1.82) is 0 Å². The molecule has 6 heteroatoms. The molecule has 0 fully saturated rings. The maximum Gasteiger partial charge on any atom is 0.255 e. The summed E-state index contributed by atoms with van der Waals surface area (Å²) in [6.07, 6.45) is 0. The van der Waals surface area contributed by atoms with Crippen LogP contribution in [0.15, 0.2) is 66.7 Å². The number of carbonyl (C=O) groups is 1. The highest BCUT2D eigenvalue weighted by Gasteiger charge is 2.13. The van der Waals surface area contributed by atoms with Crippen molar-refractivity contribution in [3.05, 3.63) is 72.3 Å². The largest absolute Gasteiger partial charge is 0.497 e. The predicted octanol–water partition coefficient (Wildman–Crippen LogP) is 4.53. The second-order valence-corrected chi connectivity index (χ2v) is 6.48. The third kappa shape index (κ3) is 2.72. The average Bonchev–Trinajstić information content (AvgIpc) is 3.08. The molecule has 5 aromatic rings. The maximum atomic E-state index is 12.7. The Hall–Kier alpha value is -3.93. The Kier molecular flexibility index (Phi) is 3.69. The Morgan fingerprint density at radius 1 is 0.964 bits per heavy atom. The Morgan fingerprint density at radius 2 is 1.79 bits per heavy atom. The maximum absolute atomic E-state index is 12.7. The first-order valence-corrected chi connectivity index (χ1v) is 8.85. The number of aromatic amines is 1. The van der Waals surface area contributed by atoms with Gasteiger partial charge in [0, 0.05) is 28.2 Å². The SMILES string of the molecule is COc1cccc(NC(=O)c2ccc3[nH]c4nc5ccccc5nc4c3c2)c1. The van der Waals surface area contributed by atoms with E-state index in [-0.39, 0.29) is 5.91 Å². The number of hydrogen-bond acceptors (Lipinski definition) is 4. The number of nitrogens with one attached hydrogen (secondary N) is 2. The van der Waals surface area contributed by atoms with E-state index in [1.807, 2.05) is 54.6 Å². The van der Waals surface area contributed by atoms with Gasteiger partial charge >= 0.3 is 0 Å². The lowest BCUT2D eigenvalue weighted by Gasteiger charge is -2.07. The fraction of sp³-hybridized carbons (Fsp3) is 0.0455. The van der Waals surface area contributed by atoms with E-state index in [4.69, 9.17) is 9.72 Å². The third-order valence-electron chi connectivity index (χ3n) is 4.69. The first-order chi connectivity index (χ1) is 13.7. The summed E-state index contributed by atoms with van der Waals surface area (Å²) in [4.78, 5) is 25.4. The molecule has 136 valence electrons. The molecule has 1 amide bonds. The summed E-state index contributed by atoms with van der Waals surface area (Å²) >= 11 is 0. The number of benzene rings is 3. The fourth-order valence-electron chi connectivity index (χ4n) is 3.30. The second-order valence-electron chi connectivity index (χ2n) is 6.48. The molecule has 0 radical (unpaired) electrons. The van der Waals surface area contributed by atoms with Crippen LogP contribution in [0, 0.1) is 0 Å². The number of methoxy groups -OCH3 is 1. The van der Waals surface area contributed by atoms with Gasteiger partial charge in [0.25, 0.3) is 5.91 Å². The molecule has 2 heterocycles. The van der Waals surface area contributed by atoms with Crippen LogP contribution in [0.25, 0.3) is 33.1 Å². The van der Waals surface area contributed by atoms with Gasteiger partial charge in [-0.2, -0.15) is 0 Å². The van der Waals surface area contributed by atoms with E-state index < -0.39 is 0 Å². The van der Waals surface area contributed by atoms with Gasteiger partial charge in [0.1, 0.15) is 11.3 Å². The molecule has 2 aromatic heterocycles. The van der Waals surface area contributed by atoms with E-state index in [1.165, 1.54) is 0 Å². The molecule has 0 atom stereocenters. The lowest BCUT2D eigenvalue weighted by Crippen LogP contribution is -2.11. The van der Waals surface area contributed by atoms with E-state index in [9.17, 15) is 4.79 Å². The molecular formula is C22H16N4O2. The lowest BCUT2D eigenvalue weighted by atomic mass is 10.1. The first kappa shape index (κ1) is 16.3. The van der Waals surface area contributed by atoms with Gasteiger partial charge in [-0.1, -0.05) is 18.2 Å². The molecule has 5 rings (SSSR count). The van der Waals surface area contributed by atoms with Gasteiger partial charge in [0.15, 0.2) is 5.65 Å². The number of hydrogen-bond donors (Lipinski definition) is 2. The highest BCUT2D eigenvalue weighted by atomic mass is 16.5. The van der Waals surface area contributed by atoms with Crippen LogP contribution in [-0.2, 0) is 0 Å². The molecule has 0 unspecified atom stereocenters. The summed E-state index contributed by atoms with van der Waals surface area (Å²) < 4.78 is 5.20. The van der Waals surface area contributed by atoms with Crippen LogP contribution < -0.4 is 10.1 Å². The van der Waals surface area contributed by atoms with Gasteiger partial charge in [0.2, 0.25) is 0 Å². The zero-order valence-corrected chi connectivity index (χ0v) is 15.1. The molecule has 0 saturated carbocycles. The van der Waals surface area contributed by atoms with Crippen LogP contribution in [0.3, 0.4) is 0 Å². The summed E-state index contributed by atoms with van der Waals surface area (Å²) in [6.45, 7) is 0. The molecule has 28 heavy (non-hydrogen) atoms. The quantitative estimate of drug-likeness (QED) is 0.490. The monoisotopic (exact) mass is 368 g/mol. The van der Waals surface area contributed by atoms with Crippen LogP contribution in [0.5, 0.6) is 5.75 Å². The van der Waals surface area contributed by atoms with Crippen molar-refractivity contribution >= 4 is 44.7 Å². The molecule has 0 bridgehead atoms. The van der Waals surface area contributed by atoms with E-state index in [0.717, 1.165) is 27.5 Å². The Balaban J connectivity index is 1.57. The second kappa shape index (κ2) is 6.35. The van der Waals surface area contributed by atoms with E-state index in [0.29, 0.717) is 22.6 Å². The number of H-pyrrole nitrogens is 1. The number of ether oxygens (including phenoxy) is 1. The van der Waals surface area contributed by atoms with Gasteiger partial charge in [-0.05, 0) is 42.5 Å². The van der Waals surface area contributed by atoms with Gasteiger partial charge < -0.3 is 15.0 Å². The molecule has 2 N–H and O–H groups in total. The number of nitrogens with zero attached hydrogens (tertiary/aromatic N) is 2. The Bertz CT molecular complexity index is 1360. The summed E-state index contributed by atoms with van der Waals surface area (Å²) in [6, 6.07) is 20.5. The fourth-order valence-corrected chi connectivity index (χ4v) is 3.30. The molecule has 6 nitrogen and oxygen atoms in total. The molecule has 0 aliphatic rings. The van der Waals surface area contributed by atoms with Crippen molar-refractivity contribution in [1.82, 2.24) is 15.0 Å². The summed E-state index contributed by atoms with van der Waals surface area (Å²) in [5.41, 5.74) is 5.23. The zero-order chi connectivity index (χ0) is 19.1. The highest BCUT2D eigenvalue weighted by molar-refractivity contribution is 6.11.